The molecule has 0 bridgehead atoms. The maximum Gasteiger partial charge on any atom is 0.117 e. The molecular formula is C11H19NO2. The van der Waals surface area contributed by atoms with Crippen molar-refractivity contribution in [3.63, 3.8) is 0 Å². The van der Waals surface area contributed by atoms with E-state index in [1.165, 1.54) is 0 Å². The van der Waals surface area contributed by atoms with Crippen molar-refractivity contribution in [1.29, 1.82) is 0 Å². The Bertz CT molecular complexity index is 233. The minimum absolute atomic E-state index is 0.157. The molecule has 1 aromatic rings. The summed E-state index contributed by atoms with van der Waals surface area (Å²) in [7, 11) is 0. The van der Waals surface area contributed by atoms with Gasteiger partial charge in [0.1, 0.15) is 5.76 Å². The largest absolute Gasteiger partial charge is 0.468 e. The van der Waals surface area contributed by atoms with Gasteiger partial charge in [0.2, 0.25) is 0 Å². The molecular weight excluding hydrogens is 178 g/mol. The van der Waals surface area contributed by atoms with Crippen molar-refractivity contribution < 1.29 is 9.52 Å². The van der Waals surface area contributed by atoms with Crippen LogP contribution in [0.1, 0.15) is 26.0 Å². The molecule has 0 radical (unpaired) electrons. The first-order chi connectivity index (χ1) is 6.77. The van der Waals surface area contributed by atoms with Gasteiger partial charge in [0, 0.05) is 6.04 Å². The van der Waals surface area contributed by atoms with Gasteiger partial charge in [-0.1, -0.05) is 20.3 Å². The van der Waals surface area contributed by atoms with Crippen LogP contribution < -0.4 is 5.32 Å². The van der Waals surface area contributed by atoms with Gasteiger partial charge in [-0.15, -0.1) is 0 Å². The summed E-state index contributed by atoms with van der Waals surface area (Å²) in [6, 6.07) is 3.96. The Morgan fingerprint density at radius 3 is 2.86 bits per heavy atom. The average Bonchev–Trinajstić information content (AvgIpc) is 2.71. The summed E-state index contributed by atoms with van der Waals surface area (Å²) >= 11 is 0. The molecule has 2 unspecified atom stereocenters. The Morgan fingerprint density at radius 1 is 1.57 bits per heavy atom. The van der Waals surface area contributed by atoms with Crippen LogP contribution in [-0.2, 0) is 6.54 Å². The molecule has 0 fully saturated rings. The predicted molar refractivity (Wildman–Crippen MR) is 55.9 cm³/mol. The van der Waals surface area contributed by atoms with Crippen molar-refractivity contribution in [3.8, 4) is 0 Å². The number of aliphatic hydroxyl groups excluding tert-OH is 1. The Kier molecular flexibility index (Phi) is 4.70. The molecule has 0 amide bonds. The van der Waals surface area contributed by atoms with Gasteiger partial charge in [-0.3, -0.25) is 0 Å². The van der Waals surface area contributed by atoms with E-state index in [0.29, 0.717) is 12.5 Å². The van der Waals surface area contributed by atoms with Crippen LogP contribution in [0.2, 0.25) is 0 Å². The fraction of sp³-hybridized carbons (Fsp3) is 0.636. The number of hydrogen-bond donors (Lipinski definition) is 2. The molecule has 2 atom stereocenters. The van der Waals surface area contributed by atoms with Crippen LogP contribution in [0.4, 0.5) is 0 Å². The molecule has 2 N–H and O–H groups in total. The van der Waals surface area contributed by atoms with Crippen LogP contribution in [0.5, 0.6) is 0 Å². The van der Waals surface area contributed by atoms with Crippen LogP contribution in [0, 0.1) is 5.92 Å². The molecule has 0 aliphatic rings. The molecule has 0 spiro atoms. The number of nitrogens with one attached hydrogen (secondary N) is 1. The Morgan fingerprint density at radius 2 is 2.36 bits per heavy atom. The summed E-state index contributed by atoms with van der Waals surface area (Å²) in [5, 5.41) is 12.4. The van der Waals surface area contributed by atoms with Crippen molar-refractivity contribution in [1.82, 2.24) is 5.32 Å². The molecule has 80 valence electrons. The lowest BCUT2D eigenvalue weighted by Crippen LogP contribution is -2.37. The third-order valence-corrected chi connectivity index (χ3v) is 2.65. The van der Waals surface area contributed by atoms with Crippen molar-refractivity contribution >= 4 is 0 Å². The Balaban J connectivity index is 2.34. The van der Waals surface area contributed by atoms with Gasteiger partial charge in [0.25, 0.3) is 0 Å². The summed E-state index contributed by atoms with van der Waals surface area (Å²) in [6.45, 7) is 5.12. The van der Waals surface area contributed by atoms with E-state index in [1.807, 2.05) is 12.1 Å². The lowest BCUT2D eigenvalue weighted by atomic mass is 10.00. The van der Waals surface area contributed by atoms with E-state index in [9.17, 15) is 0 Å². The highest BCUT2D eigenvalue weighted by molar-refractivity contribution is 4.97. The topological polar surface area (TPSA) is 45.4 Å². The van der Waals surface area contributed by atoms with E-state index in [4.69, 9.17) is 9.52 Å². The second kappa shape index (κ2) is 5.83. The minimum atomic E-state index is 0.157. The molecule has 0 aliphatic carbocycles. The van der Waals surface area contributed by atoms with Gasteiger partial charge in [-0.25, -0.2) is 0 Å². The molecule has 1 rings (SSSR count). The first kappa shape index (κ1) is 11.3. The molecule has 0 aliphatic heterocycles. The lowest BCUT2D eigenvalue weighted by Gasteiger charge is -2.21. The van der Waals surface area contributed by atoms with E-state index in [0.717, 1.165) is 12.2 Å². The molecule has 1 heterocycles. The Hall–Kier alpha value is -0.800. The van der Waals surface area contributed by atoms with Gasteiger partial charge >= 0.3 is 0 Å². The van der Waals surface area contributed by atoms with Gasteiger partial charge in [-0.05, 0) is 18.1 Å². The molecule has 3 heteroatoms. The van der Waals surface area contributed by atoms with E-state index in [-0.39, 0.29) is 12.6 Å². The quantitative estimate of drug-likeness (QED) is 0.730. The standard InChI is InChI=1S/C11H19NO2/c1-3-9(2)11(8-13)12-7-10-5-4-6-14-10/h4-6,9,11-13H,3,7-8H2,1-2H3. The van der Waals surface area contributed by atoms with Crippen LogP contribution in [0.25, 0.3) is 0 Å². The number of rotatable bonds is 6. The van der Waals surface area contributed by atoms with Crippen LogP contribution in [-0.4, -0.2) is 17.8 Å². The van der Waals surface area contributed by atoms with Crippen molar-refractivity contribution in [2.45, 2.75) is 32.9 Å². The first-order valence-electron chi connectivity index (χ1n) is 5.14. The van der Waals surface area contributed by atoms with E-state index < -0.39 is 0 Å². The van der Waals surface area contributed by atoms with Crippen LogP contribution >= 0.6 is 0 Å². The van der Waals surface area contributed by atoms with Gasteiger partial charge in [0.05, 0.1) is 19.4 Å². The normalized spacial score (nSPS) is 15.4. The summed E-state index contributed by atoms with van der Waals surface area (Å²) in [4.78, 5) is 0. The first-order valence-corrected chi connectivity index (χ1v) is 5.14. The zero-order valence-corrected chi connectivity index (χ0v) is 8.86. The lowest BCUT2D eigenvalue weighted by molar-refractivity contribution is 0.198. The summed E-state index contributed by atoms with van der Waals surface area (Å²) < 4.78 is 5.20. The molecule has 3 nitrogen and oxygen atoms in total. The fourth-order valence-corrected chi connectivity index (χ4v) is 1.38. The highest BCUT2D eigenvalue weighted by atomic mass is 16.3. The number of furan rings is 1. The third-order valence-electron chi connectivity index (χ3n) is 2.65. The maximum atomic E-state index is 9.16. The average molecular weight is 197 g/mol. The molecule has 0 aromatic carbocycles. The third kappa shape index (κ3) is 3.16. The predicted octanol–water partition coefficient (Wildman–Crippen LogP) is 1.78. The van der Waals surface area contributed by atoms with Crippen molar-refractivity contribution in [2.75, 3.05) is 6.61 Å². The number of hydrogen-bond acceptors (Lipinski definition) is 3. The zero-order valence-electron chi connectivity index (χ0n) is 8.86. The SMILES string of the molecule is CCC(C)C(CO)NCc1ccco1. The van der Waals surface area contributed by atoms with Crippen LogP contribution in [0.3, 0.4) is 0 Å². The highest BCUT2D eigenvalue weighted by Crippen LogP contribution is 2.08. The Labute approximate surface area is 85.1 Å². The van der Waals surface area contributed by atoms with E-state index in [2.05, 4.69) is 19.2 Å². The summed E-state index contributed by atoms with van der Waals surface area (Å²) in [5.74, 6) is 1.39. The molecule has 14 heavy (non-hydrogen) atoms. The van der Waals surface area contributed by atoms with Crippen molar-refractivity contribution in [3.05, 3.63) is 24.2 Å². The van der Waals surface area contributed by atoms with Crippen molar-refractivity contribution in [2.24, 2.45) is 5.92 Å². The number of aliphatic hydroxyl groups is 1. The zero-order chi connectivity index (χ0) is 10.4. The molecule has 0 saturated heterocycles. The summed E-state index contributed by atoms with van der Waals surface area (Å²) in [5.41, 5.74) is 0. The second-order valence-corrected chi connectivity index (χ2v) is 3.63. The monoisotopic (exact) mass is 197 g/mol. The van der Waals surface area contributed by atoms with Crippen LogP contribution in [0.15, 0.2) is 22.8 Å². The molecule has 1 aromatic heterocycles. The second-order valence-electron chi connectivity index (χ2n) is 3.63. The highest BCUT2D eigenvalue weighted by Gasteiger charge is 2.13. The molecule has 0 saturated carbocycles. The minimum Gasteiger partial charge on any atom is -0.468 e. The van der Waals surface area contributed by atoms with E-state index >= 15 is 0 Å². The smallest absolute Gasteiger partial charge is 0.117 e. The van der Waals surface area contributed by atoms with Gasteiger partial charge in [-0.2, -0.15) is 0 Å². The van der Waals surface area contributed by atoms with E-state index in [1.54, 1.807) is 6.26 Å². The summed E-state index contributed by atoms with van der Waals surface area (Å²) in [6.07, 6.45) is 2.73. The fourth-order valence-electron chi connectivity index (χ4n) is 1.38. The maximum absolute atomic E-state index is 9.16. The van der Waals surface area contributed by atoms with Gasteiger partial charge < -0.3 is 14.8 Å². The van der Waals surface area contributed by atoms with Gasteiger partial charge in [0.15, 0.2) is 0 Å².